The molecule has 0 saturated heterocycles. The van der Waals surface area contributed by atoms with Gasteiger partial charge >= 0.3 is 0 Å². The van der Waals surface area contributed by atoms with Crippen LogP contribution in [0, 0.1) is 0 Å². The van der Waals surface area contributed by atoms with Crippen molar-refractivity contribution < 1.29 is 13.2 Å². The molecule has 108 valence electrons. The van der Waals surface area contributed by atoms with Gasteiger partial charge in [0.15, 0.2) is 0 Å². The first-order chi connectivity index (χ1) is 8.09. The van der Waals surface area contributed by atoms with Crippen molar-refractivity contribution >= 4 is 15.9 Å². The van der Waals surface area contributed by atoms with Gasteiger partial charge in [-0.25, -0.2) is 8.42 Å². The number of sulfonamides is 1. The number of rotatable bonds is 7. The van der Waals surface area contributed by atoms with Crippen molar-refractivity contribution in [2.75, 3.05) is 19.3 Å². The highest BCUT2D eigenvalue weighted by molar-refractivity contribution is 7.88. The van der Waals surface area contributed by atoms with Crippen molar-refractivity contribution in [3.05, 3.63) is 0 Å². The zero-order valence-corrected chi connectivity index (χ0v) is 12.9. The van der Waals surface area contributed by atoms with E-state index in [4.69, 9.17) is 0 Å². The van der Waals surface area contributed by atoms with Crippen LogP contribution in [-0.4, -0.2) is 43.5 Å². The second-order valence-corrected chi connectivity index (χ2v) is 7.37. The molecule has 0 fully saturated rings. The third-order valence-electron chi connectivity index (χ3n) is 2.54. The van der Waals surface area contributed by atoms with Gasteiger partial charge in [-0.3, -0.25) is 4.79 Å². The predicted octanol–water partition coefficient (Wildman–Crippen LogP) is 1.35. The molecule has 0 atom stereocenters. The summed E-state index contributed by atoms with van der Waals surface area (Å²) >= 11 is 0. The summed E-state index contributed by atoms with van der Waals surface area (Å²) in [6.45, 7) is 8.21. The van der Waals surface area contributed by atoms with E-state index in [-0.39, 0.29) is 5.91 Å². The molecule has 0 aliphatic carbocycles. The van der Waals surface area contributed by atoms with Gasteiger partial charge in [-0.05, 0) is 27.2 Å². The standard InChI is InChI=1S/C12H26N2O3S/c1-6-7-8-11(15)13-9-10-14(12(2,3)4)18(5,16)17/h6-10H2,1-5H3,(H,13,15). The zero-order valence-electron chi connectivity index (χ0n) is 12.1. The summed E-state index contributed by atoms with van der Waals surface area (Å²) in [6, 6.07) is 0. The van der Waals surface area contributed by atoms with Gasteiger partial charge in [0.2, 0.25) is 15.9 Å². The molecular formula is C12H26N2O3S. The van der Waals surface area contributed by atoms with Gasteiger partial charge in [-0.1, -0.05) is 13.3 Å². The topological polar surface area (TPSA) is 66.5 Å². The SMILES string of the molecule is CCCCC(=O)NCCN(C(C)(C)C)S(C)(=O)=O. The van der Waals surface area contributed by atoms with E-state index >= 15 is 0 Å². The molecule has 18 heavy (non-hydrogen) atoms. The maximum atomic E-state index is 11.6. The van der Waals surface area contributed by atoms with E-state index in [1.54, 1.807) is 0 Å². The molecule has 0 aliphatic rings. The number of hydrogen-bond donors (Lipinski definition) is 1. The van der Waals surface area contributed by atoms with E-state index in [1.165, 1.54) is 10.6 Å². The van der Waals surface area contributed by atoms with Crippen molar-refractivity contribution in [3.63, 3.8) is 0 Å². The highest BCUT2D eigenvalue weighted by Crippen LogP contribution is 2.16. The summed E-state index contributed by atoms with van der Waals surface area (Å²) in [5.41, 5.74) is -0.471. The molecule has 0 aromatic rings. The van der Waals surface area contributed by atoms with Gasteiger partial charge in [-0.15, -0.1) is 0 Å². The molecule has 1 N–H and O–H groups in total. The van der Waals surface area contributed by atoms with Crippen LogP contribution in [0.4, 0.5) is 0 Å². The Balaban J connectivity index is 4.27. The minimum absolute atomic E-state index is 0.0146. The maximum absolute atomic E-state index is 11.6. The van der Waals surface area contributed by atoms with Crippen LogP contribution in [-0.2, 0) is 14.8 Å². The fourth-order valence-electron chi connectivity index (χ4n) is 1.72. The number of carbonyl (C=O) groups is 1. The molecule has 0 unspecified atom stereocenters. The highest BCUT2D eigenvalue weighted by Gasteiger charge is 2.28. The average molecular weight is 278 g/mol. The Morgan fingerprint density at radius 1 is 1.28 bits per heavy atom. The van der Waals surface area contributed by atoms with Crippen LogP contribution < -0.4 is 5.32 Å². The van der Waals surface area contributed by atoms with Crippen molar-refractivity contribution in [2.45, 2.75) is 52.5 Å². The molecular weight excluding hydrogens is 252 g/mol. The number of nitrogens with zero attached hydrogens (tertiary/aromatic N) is 1. The Kier molecular flexibility index (Phi) is 6.84. The largest absolute Gasteiger partial charge is 0.355 e. The van der Waals surface area contributed by atoms with E-state index < -0.39 is 15.6 Å². The number of hydrogen-bond acceptors (Lipinski definition) is 3. The lowest BCUT2D eigenvalue weighted by Gasteiger charge is -2.33. The van der Waals surface area contributed by atoms with E-state index in [1.807, 2.05) is 27.7 Å². The van der Waals surface area contributed by atoms with Gasteiger partial charge in [0.1, 0.15) is 0 Å². The van der Waals surface area contributed by atoms with Crippen LogP contribution in [0.2, 0.25) is 0 Å². The van der Waals surface area contributed by atoms with E-state index in [0.717, 1.165) is 12.8 Å². The first-order valence-corrected chi connectivity index (χ1v) is 8.18. The van der Waals surface area contributed by atoms with Gasteiger partial charge in [0, 0.05) is 25.0 Å². The molecule has 0 aromatic heterocycles. The van der Waals surface area contributed by atoms with Crippen LogP contribution in [0.5, 0.6) is 0 Å². The van der Waals surface area contributed by atoms with Crippen molar-refractivity contribution in [3.8, 4) is 0 Å². The minimum Gasteiger partial charge on any atom is -0.355 e. The second-order valence-electron chi connectivity index (χ2n) is 5.46. The van der Waals surface area contributed by atoms with Crippen molar-refractivity contribution in [1.29, 1.82) is 0 Å². The van der Waals surface area contributed by atoms with Crippen LogP contribution in [0.15, 0.2) is 0 Å². The van der Waals surface area contributed by atoms with E-state index in [0.29, 0.717) is 19.5 Å². The highest BCUT2D eigenvalue weighted by atomic mass is 32.2. The van der Waals surface area contributed by atoms with Crippen LogP contribution in [0.1, 0.15) is 47.0 Å². The maximum Gasteiger partial charge on any atom is 0.220 e. The smallest absolute Gasteiger partial charge is 0.220 e. The molecule has 1 amide bonds. The number of nitrogens with one attached hydrogen (secondary N) is 1. The Morgan fingerprint density at radius 3 is 2.22 bits per heavy atom. The Bertz CT molecular complexity index is 358. The molecule has 0 rings (SSSR count). The minimum atomic E-state index is -3.26. The first-order valence-electron chi connectivity index (χ1n) is 6.33. The molecule has 5 nitrogen and oxygen atoms in total. The molecule has 0 aliphatic heterocycles. The molecule has 0 aromatic carbocycles. The number of amides is 1. The monoisotopic (exact) mass is 278 g/mol. The Morgan fingerprint density at radius 2 is 1.83 bits per heavy atom. The molecule has 0 radical (unpaired) electrons. The fraction of sp³-hybridized carbons (Fsp3) is 0.917. The molecule has 6 heteroatoms. The predicted molar refractivity (Wildman–Crippen MR) is 73.8 cm³/mol. The van der Waals surface area contributed by atoms with Crippen LogP contribution in [0.3, 0.4) is 0 Å². The summed E-state index contributed by atoms with van der Waals surface area (Å²) in [5, 5.41) is 2.75. The average Bonchev–Trinajstić information content (AvgIpc) is 2.17. The summed E-state index contributed by atoms with van der Waals surface area (Å²) < 4.78 is 24.7. The normalized spacial score (nSPS) is 12.8. The lowest BCUT2D eigenvalue weighted by Crippen LogP contribution is -2.48. The molecule has 0 spiro atoms. The summed E-state index contributed by atoms with van der Waals surface area (Å²) in [4.78, 5) is 11.4. The van der Waals surface area contributed by atoms with Crippen LogP contribution >= 0.6 is 0 Å². The lowest BCUT2D eigenvalue weighted by molar-refractivity contribution is -0.121. The second kappa shape index (κ2) is 7.09. The van der Waals surface area contributed by atoms with E-state index in [9.17, 15) is 13.2 Å². The number of unbranched alkanes of at least 4 members (excludes halogenated alkanes) is 1. The fourth-order valence-corrected chi connectivity index (χ4v) is 3.14. The zero-order chi connectivity index (χ0) is 14.4. The van der Waals surface area contributed by atoms with Crippen molar-refractivity contribution in [2.24, 2.45) is 0 Å². The third kappa shape index (κ3) is 6.96. The van der Waals surface area contributed by atoms with Gasteiger partial charge in [-0.2, -0.15) is 4.31 Å². The van der Waals surface area contributed by atoms with Gasteiger partial charge < -0.3 is 5.32 Å². The van der Waals surface area contributed by atoms with Crippen molar-refractivity contribution in [1.82, 2.24) is 9.62 Å². The van der Waals surface area contributed by atoms with Crippen LogP contribution in [0.25, 0.3) is 0 Å². The van der Waals surface area contributed by atoms with Gasteiger partial charge in [0.05, 0.1) is 6.26 Å². The van der Waals surface area contributed by atoms with E-state index in [2.05, 4.69) is 5.32 Å². The summed E-state index contributed by atoms with van der Waals surface area (Å²) in [5.74, 6) is -0.0146. The Labute approximate surface area is 111 Å². The quantitative estimate of drug-likeness (QED) is 0.764. The molecule has 0 heterocycles. The number of carbonyl (C=O) groups excluding carboxylic acids is 1. The summed E-state index contributed by atoms with van der Waals surface area (Å²) in [6.07, 6.45) is 3.54. The summed E-state index contributed by atoms with van der Waals surface area (Å²) in [7, 11) is -3.26. The first kappa shape index (κ1) is 17.4. The lowest BCUT2D eigenvalue weighted by atomic mass is 10.1. The Hall–Kier alpha value is -0.620. The molecule has 0 saturated carbocycles. The van der Waals surface area contributed by atoms with Gasteiger partial charge in [0.25, 0.3) is 0 Å². The molecule has 0 bridgehead atoms. The third-order valence-corrected chi connectivity index (χ3v) is 4.07.